The number of rotatable bonds is 7. The molecular weight excluding hydrogens is 575 g/mol. The van der Waals surface area contributed by atoms with Crippen LogP contribution in [0, 0.1) is 0 Å². The number of amides is 1. The number of halogens is 1. The summed E-state index contributed by atoms with van der Waals surface area (Å²) in [5.41, 5.74) is 2.70. The van der Waals surface area contributed by atoms with Crippen molar-refractivity contribution in [1.29, 1.82) is 0 Å². The Hall–Kier alpha value is -3.44. The van der Waals surface area contributed by atoms with Crippen LogP contribution in [0.3, 0.4) is 0 Å². The lowest BCUT2D eigenvalue weighted by molar-refractivity contribution is -0.0366. The molecule has 1 unspecified atom stereocenters. The van der Waals surface area contributed by atoms with Gasteiger partial charge in [0.05, 0.1) is 30.9 Å². The number of ether oxygens (including phenoxy) is 3. The summed E-state index contributed by atoms with van der Waals surface area (Å²) in [6.07, 6.45) is 8.69. The first-order chi connectivity index (χ1) is 21.5. The van der Waals surface area contributed by atoms with Crippen LogP contribution in [0.4, 0.5) is 15.0 Å². The van der Waals surface area contributed by atoms with Crippen LogP contribution >= 0.6 is 0 Å². The Kier molecular flexibility index (Phi) is 7.67. The van der Waals surface area contributed by atoms with E-state index in [1.54, 1.807) is 12.0 Å². The fourth-order valence-corrected chi connectivity index (χ4v) is 7.05. The van der Waals surface area contributed by atoms with Crippen LogP contribution in [0.5, 0.6) is 5.75 Å². The van der Waals surface area contributed by atoms with Gasteiger partial charge in [-0.1, -0.05) is 6.07 Å². The van der Waals surface area contributed by atoms with Gasteiger partial charge in [-0.25, -0.2) is 18.9 Å². The van der Waals surface area contributed by atoms with E-state index < -0.39 is 11.3 Å². The van der Waals surface area contributed by atoms with Crippen LogP contribution in [-0.4, -0.2) is 87.4 Å². The van der Waals surface area contributed by atoms with Crippen molar-refractivity contribution < 1.29 is 23.4 Å². The Morgan fingerprint density at radius 1 is 1.18 bits per heavy atom. The molecular formula is C34H45FN6O4. The number of carbonyl (C=O) groups excluding carboxylic acids is 1. The molecule has 3 aliphatic heterocycles. The fraction of sp³-hybridized carbons (Fsp3) is 0.618. The molecule has 45 heavy (non-hydrogen) atoms. The minimum absolute atomic E-state index is 0.0416. The molecule has 1 aliphatic carbocycles. The van der Waals surface area contributed by atoms with Crippen molar-refractivity contribution in [3.63, 3.8) is 0 Å². The van der Waals surface area contributed by atoms with E-state index in [4.69, 9.17) is 24.3 Å². The third kappa shape index (κ3) is 5.96. The number of hydrogen-bond donors (Lipinski definition) is 1. The van der Waals surface area contributed by atoms with E-state index in [9.17, 15) is 4.79 Å². The molecule has 10 nitrogen and oxygen atoms in total. The van der Waals surface area contributed by atoms with Crippen LogP contribution in [-0.2, 0) is 15.9 Å². The Labute approximate surface area is 264 Å². The zero-order valence-corrected chi connectivity index (χ0v) is 27.0. The van der Waals surface area contributed by atoms with Gasteiger partial charge in [0, 0.05) is 55.5 Å². The van der Waals surface area contributed by atoms with E-state index in [1.165, 1.54) is 5.56 Å². The first-order valence-electron chi connectivity index (χ1n) is 16.4. The van der Waals surface area contributed by atoms with E-state index in [1.807, 2.05) is 43.9 Å². The lowest BCUT2D eigenvalue weighted by Gasteiger charge is -2.43. The van der Waals surface area contributed by atoms with Gasteiger partial charge in [0.25, 0.3) is 0 Å². The molecule has 1 aromatic carbocycles. The maximum atomic E-state index is 15.4. The van der Waals surface area contributed by atoms with Crippen molar-refractivity contribution in [2.24, 2.45) is 0 Å². The Morgan fingerprint density at radius 3 is 2.67 bits per heavy atom. The highest BCUT2D eigenvalue weighted by atomic mass is 19.1. The molecule has 1 N–H and O–H groups in total. The van der Waals surface area contributed by atoms with Crippen molar-refractivity contribution in [1.82, 2.24) is 24.6 Å². The molecule has 3 atom stereocenters. The summed E-state index contributed by atoms with van der Waals surface area (Å²) in [6.45, 7) is 10.00. The van der Waals surface area contributed by atoms with Crippen LogP contribution in [0.1, 0.15) is 88.8 Å². The second kappa shape index (κ2) is 11.4. The largest absolute Gasteiger partial charge is 0.496 e. The van der Waals surface area contributed by atoms with Crippen molar-refractivity contribution in [3.8, 4) is 5.75 Å². The normalized spacial score (nSPS) is 25.0. The summed E-state index contributed by atoms with van der Waals surface area (Å²) >= 11 is 0. The highest BCUT2D eigenvalue weighted by molar-refractivity contribution is 5.84. The van der Waals surface area contributed by atoms with E-state index >= 15 is 4.39 Å². The van der Waals surface area contributed by atoms with Crippen molar-refractivity contribution in [3.05, 3.63) is 47.3 Å². The molecule has 11 heteroatoms. The number of aromatic nitrogens is 3. The summed E-state index contributed by atoms with van der Waals surface area (Å²) < 4.78 is 35.0. The average Bonchev–Trinajstić information content (AvgIpc) is 3.55. The maximum absolute atomic E-state index is 15.4. The number of nitrogens with one attached hydrogen (secondary N) is 1. The Balaban J connectivity index is 1.19. The maximum Gasteiger partial charge on any atom is 0.410 e. The number of carbonyl (C=O) groups is 1. The molecule has 2 saturated heterocycles. The zero-order chi connectivity index (χ0) is 31.5. The predicted molar refractivity (Wildman–Crippen MR) is 169 cm³/mol. The second-order valence-electron chi connectivity index (χ2n) is 14.3. The number of pyridine rings is 1. The topological polar surface area (TPSA) is 94.0 Å². The first kappa shape index (κ1) is 30.2. The summed E-state index contributed by atoms with van der Waals surface area (Å²) in [6, 6.07) is 6.19. The summed E-state index contributed by atoms with van der Waals surface area (Å²) in [5, 5.41) is 9.37. The highest BCUT2D eigenvalue weighted by Gasteiger charge is 2.48. The Morgan fingerprint density at radius 2 is 1.98 bits per heavy atom. The average molecular weight is 621 g/mol. The number of methoxy groups -OCH3 is 1. The van der Waals surface area contributed by atoms with E-state index in [-0.39, 0.29) is 30.4 Å². The van der Waals surface area contributed by atoms with E-state index in [2.05, 4.69) is 29.3 Å². The molecule has 1 amide bonds. The van der Waals surface area contributed by atoms with Gasteiger partial charge in [-0.2, -0.15) is 5.10 Å². The predicted octanol–water partition coefficient (Wildman–Crippen LogP) is 6.01. The van der Waals surface area contributed by atoms with Crippen LogP contribution < -0.4 is 10.1 Å². The molecule has 3 aromatic rings. The lowest BCUT2D eigenvalue weighted by atomic mass is 9.83. The van der Waals surface area contributed by atoms with Crippen LogP contribution in [0.2, 0.25) is 0 Å². The first-order valence-corrected chi connectivity index (χ1v) is 16.4. The third-order valence-electron chi connectivity index (χ3n) is 9.60. The summed E-state index contributed by atoms with van der Waals surface area (Å²) in [5.74, 6) is 1.37. The van der Waals surface area contributed by atoms with Gasteiger partial charge in [-0.05, 0) is 83.4 Å². The zero-order valence-electron chi connectivity index (χ0n) is 27.0. The van der Waals surface area contributed by atoms with Gasteiger partial charge in [0.15, 0.2) is 6.23 Å². The molecule has 1 saturated carbocycles. The number of hydrogen-bond acceptors (Lipinski definition) is 8. The second-order valence-corrected chi connectivity index (χ2v) is 14.3. The number of anilines is 1. The molecule has 0 radical (unpaired) electrons. The summed E-state index contributed by atoms with van der Waals surface area (Å²) in [4.78, 5) is 21.2. The molecule has 242 valence electrons. The number of likely N-dealkylation sites (tertiary alicyclic amines) is 1. The molecule has 7 rings (SSSR count). The van der Waals surface area contributed by atoms with Gasteiger partial charge >= 0.3 is 6.09 Å². The minimum atomic E-state index is -1.15. The Bertz CT molecular complexity index is 1570. The molecule has 3 fully saturated rings. The van der Waals surface area contributed by atoms with Gasteiger partial charge < -0.3 is 24.4 Å². The quantitative estimate of drug-likeness (QED) is 0.344. The lowest BCUT2D eigenvalue weighted by Crippen LogP contribution is -2.58. The standard InChI is InChI=1S/C34H45FN6O4/c1-21-14-24-23(9-10-27-25(24)17-37-41(27)30-8-6-7-13-44-30)31(40(21)20-34(35)11-12-34)26-16-36-29(15-28(26)43-5)38-22-18-39(19-22)32(42)45-33(2,3)4/h9-10,15-17,21-22,30-31H,6-8,11-14,18-20H2,1-5H3,(H,36,38)/t21-,30?,31+/m1/s1. The highest BCUT2D eigenvalue weighted by Crippen LogP contribution is 2.48. The molecule has 2 aromatic heterocycles. The van der Waals surface area contributed by atoms with Crippen molar-refractivity contribution >= 4 is 22.8 Å². The smallest absolute Gasteiger partial charge is 0.410 e. The van der Waals surface area contributed by atoms with Gasteiger partial charge in [0.2, 0.25) is 0 Å². The van der Waals surface area contributed by atoms with Crippen molar-refractivity contribution in [2.75, 3.05) is 38.7 Å². The van der Waals surface area contributed by atoms with Gasteiger partial charge in [-0.15, -0.1) is 0 Å². The summed E-state index contributed by atoms with van der Waals surface area (Å²) in [7, 11) is 1.67. The molecule has 4 aliphatic rings. The SMILES string of the molecule is COc1cc(NC2CN(C(=O)OC(C)(C)C)C2)ncc1[C@@H]1c2ccc3c(cnn3C3CCCCO3)c2C[C@@H](C)N1CC1(F)CC1. The monoisotopic (exact) mass is 620 g/mol. The molecule has 5 heterocycles. The van der Waals surface area contributed by atoms with Crippen LogP contribution in [0.25, 0.3) is 10.9 Å². The van der Waals surface area contributed by atoms with Crippen LogP contribution in [0.15, 0.2) is 30.6 Å². The number of benzene rings is 1. The fourth-order valence-electron chi connectivity index (χ4n) is 7.05. The van der Waals surface area contributed by atoms with Gasteiger partial charge in [0.1, 0.15) is 22.8 Å². The van der Waals surface area contributed by atoms with Crippen molar-refractivity contribution in [2.45, 2.75) is 102 Å². The van der Waals surface area contributed by atoms with E-state index in [0.29, 0.717) is 44.0 Å². The number of nitrogens with zero attached hydrogens (tertiary/aromatic N) is 5. The third-order valence-corrected chi connectivity index (χ3v) is 9.60. The minimum Gasteiger partial charge on any atom is -0.496 e. The molecule has 0 bridgehead atoms. The van der Waals surface area contributed by atoms with E-state index in [0.717, 1.165) is 54.3 Å². The number of alkyl halides is 1. The number of fused-ring (bicyclic) bond motifs is 3. The van der Waals surface area contributed by atoms with Gasteiger partial charge in [-0.3, -0.25) is 4.90 Å². The molecule has 0 spiro atoms.